The predicted molar refractivity (Wildman–Crippen MR) is 35.5 cm³/mol. The van der Waals surface area contributed by atoms with Gasteiger partial charge in [0.1, 0.15) is 5.78 Å². The summed E-state index contributed by atoms with van der Waals surface area (Å²) in [7, 11) is 0. The third kappa shape index (κ3) is 0.898. The number of alkyl halides is 2. The summed E-state index contributed by atoms with van der Waals surface area (Å²) in [5.74, 6) is -2.53. The summed E-state index contributed by atoms with van der Waals surface area (Å²) in [4.78, 5) is 10.9. The van der Waals surface area contributed by atoms with Crippen LogP contribution in [0.5, 0.6) is 0 Å². The van der Waals surface area contributed by atoms with Crippen molar-refractivity contribution in [2.45, 2.75) is 38.0 Å². The number of hydrogen-bond acceptors (Lipinski definition) is 1. The lowest BCUT2D eigenvalue weighted by molar-refractivity contribution is -0.141. The van der Waals surface area contributed by atoms with Crippen LogP contribution in [0.4, 0.5) is 8.78 Å². The van der Waals surface area contributed by atoms with E-state index in [2.05, 4.69) is 0 Å². The molecule has 1 spiro atoms. The molecule has 1 nitrogen and oxygen atoms in total. The molecule has 0 aromatic carbocycles. The summed E-state index contributed by atoms with van der Waals surface area (Å²) in [6, 6.07) is 0. The number of carbonyl (C=O) groups excluding carboxylic acids is 1. The van der Waals surface area contributed by atoms with Crippen LogP contribution in [0.3, 0.4) is 0 Å². The summed E-state index contributed by atoms with van der Waals surface area (Å²) in [6.07, 6.45) is 1.08. The normalized spacial score (nSPS) is 32.4. The van der Waals surface area contributed by atoms with Crippen molar-refractivity contribution in [2.75, 3.05) is 0 Å². The van der Waals surface area contributed by atoms with Gasteiger partial charge in [-0.05, 0) is 12.8 Å². The molecule has 62 valence electrons. The van der Waals surface area contributed by atoms with Crippen LogP contribution in [0, 0.1) is 5.41 Å². The lowest BCUT2D eigenvalue weighted by Crippen LogP contribution is -2.37. The molecule has 0 amide bonds. The Morgan fingerprint density at radius 2 is 1.82 bits per heavy atom. The van der Waals surface area contributed by atoms with Crippen LogP contribution in [0.15, 0.2) is 0 Å². The van der Waals surface area contributed by atoms with Gasteiger partial charge in [-0.3, -0.25) is 4.79 Å². The van der Waals surface area contributed by atoms with E-state index >= 15 is 0 Å². The largest absolute Gasteiger partial charge is 0.300 e. The van der Waals surface area contributed by atoms with Gasteiger partial charge in [0.05, 0.1) is 0 Å². The molecule has 2 saturated carbocycles. The van der Waals surface area contributed by atoms with Crippen LogP contribution in [-0.2, 0) is 4.79 Å². The fraction of sp³-hybridized carbons (Fsp3) is 0.875. The molecule has 2 fully saturated rings. The average Bonchev–Trinajstić information content (AvgIpc) is 2.63. The Kier molecular flexibility index (Phi) is 1.19. The number of halogens is 2. The van der Waals surface area contributed by atoms with Crippen molar-refractivity contribution in [1.82, 2.24) is 0 Å². The molecule has 0 unspecified atom stereocenters. The first-order valence-corrected chi connectivity index (χ1v) is 3.95. The zero-order chi connectivity index (χ0) is 8.11. The maximum absolute atomic E-state index is 13.1. The highest BCUT2D eigenvalue weighted by molar-refractivity contribution is 5.80. The van der Waals surface area contributed by atoms with Crippen molar-refractivity contribution in [1.29, 1.82) is 0 Å². The molecule has 2 rings (SSSR count). The Morgan fingerprint density at radius 3 is 2.27 bits per heavy atom. The maximum Gasteiger partial charge on any atom is 0.254 e. The van der Waals surface area contributed by atoms with Gasteiger partial charge in [0, 0.05) is 24.7 Å². The van der Waals surface area contributed by atoms with E-state index in [0.29, 0.717) is 12.8 Å². The number of hydrogen-bond donors (Lipinski definition) is 0. The fourth-order valence-electron chi connectivity index (χ4n) is 1.85. The lowest BCUT2D eigenvalue weighted by Gasteiger charge is -2.30. The van der Waals surface area contributed by atoms with Gasteiger partial charge in [0.15, 0.2) is 0 Å². The molecule has 0 saturated heterocycles. The quantitative estimate of drug-likeness (QED) is 0.530. The summed E-state index contributed by atoms with van der Waals surface area (Å²) >= 11 is 0. The molecule has 3 heteroatoms. The Bertz CT molecular complexity index is 206. The number of Topliss-reactive ketones (excluding diaryl/α,β-unsaturated/α-hetero) is 1. The van der Waals surface area contributed by atoms with Gasteiger partial charge in [0.25, 0.3) is 5.92 Å². The molecule has 0 N–H and O–H groups in total. The minimum Gasteiger partial charge on any atom is -0.300 e. The van der Waals surface area contributed by atoms with E-state index in [4.69, 9.17) is 0 Å². The number of carbonyl (C=O) groups is 1. The van der Waals surface area contributed by atoms with Crippen molar-refractivity contribution in [2.24, 2.45) is 5.41 Å². The minimum atomic E-state index is -2.55. The molecule has 0 aliphatic heterocycles. The number of ketones is 1. The van der Waals surface area contributed by atoms with Gasteiger partial charge < -0.3 is 0 Å². The van der Waals surface area contributed by atoms with Crippen LogP contribution in [0.2, 0.25) is 0 Å². The molecule has 2 aliphatic carbocycles. The van der Waals surface area contributed by atoms with Gasteiger partial charge in [-0.25, -0.2) is 8.78 Å². The first-order valence-electron chi connectivity index (χ1n) is 3.95. The molecular weight excluding hydrogens is 150 g/mol. The van der Waals surface area contributed by atoms with Gasteiger partial charge in [0.2, 0.25) is 0 Å². The summed E-state index contributed by atoms with van der Waals surface area (Å²) in [5, 5.41) is 0. The highest BCUT2D eigenvalue weighted by Gasteiger charge is 2.63. The molecule has 0 atom stereocenters. The molecular formula is C8H10F2O. The van der Waals surface area contributed by atoms with E-state index in [1.807, 2.05) is 0 Å². The lowest BCUT2D eigenvalue weighted by atomic mass is 9.82. The third-order valence-corrected chi connectivity index (χ3v) is 2.88. The first kappa shape index (κ1) is 7.19. The van der Waals surface area contributed by atoms with E-state index in [0.717, 1.165) is 0 Å². The summed E-state index contributed by atoms with van der Waals surface area (Å²) in [5.41, 5.74) is -0.887. The van der Waals surface area contributed by atoms with E-state index in [-0.39, 0.29) is 25.0 Å². The highest BCUT2D eigenvalue weighted by Crippen LogP contribution is 2.62. The Morgan fingerprint density at radius 1 is 1.18 bits per heavy atom. The van der Waals surface area contributed by atoms with E-state index in [9.17, 15) is 13.6 Å². The van der Waals surface area contributed by atoms with Crippen molar-refractivity contribution < 1.29 is 13.6 Å². The average molecular weight is 160 g/mol. The standard InChI is InChI=1S/C8H10F2O/c9-8(10)2-1-6(11)5-7(8)3-4-7/h1-5H2. The molecule has 0 aromatic rings. The summed E-state index contributed by atoms with van der Waals surface area (Å²) in [6.45, 7) is 0. The molecule has 0 radical (unpaired) electrons. The van der Waals surface area contributed by atoms with Crippen LogP contribution in [-0.4, -0.2) is 11.7 Å². The Labute approximate surface area is 63.8 Å². The second-order valence-electron chi connectivity index (χ2n) is 3.70. The third-order valence-electron chi connectivity index (χ3n) is 2.88. The Hall–Kier alpha value is -0.470. The maximum atomic E-state index is 13.1. The topological polar surface area (TPSA) is 17.1 Å². The molecule has 0 heterocycles. The summed E-state index contributed by atoms with van der Waals surface area (Å²) < 4.78 is 26.1. The van der Waals surface area contributed by atoms with Gasteiger partial charge in [-0.15, -0.1) is 0 Å². The van der Waals surface area contributed by atoms with E-state index in [1.165, 1.54) is 0 Å². The van der Waals surface area contributed by atoms with Gasteiger partial charge >= 0.3 is 0 Å². The molecule has 11 heavy (non-hydrogen) atoms. The molecule has 2 aliphatic rings. The van der Waals surface area contributed by atoms with Crippen LogP contribution in [0.1, 0.15) is 32.1 Å². The fourth-order valence-corrected chi connectivity index (χ4v) is 1.85. The van der Waals surface area contributed by atoms with Gasteiger partial charge in [-0.2, -0.15) is 0 Å². The highest BCUT2D eigenvalue weighted by atomic mass is 19.3. The van der Waals surface area contributed by atoms with Crippen molar-refractivity contribution in [3.05, 3.63) is 0 Å². The molecule has 0 aromatic heterocycles. The van der Waals surface area contributed by atoms with Crippen molar-refractivity contribution >= 4 is 5.78 Å². The predicted octanol–water partition coefficient (Wildman–Crippen LogP) is 2.15. The second-order valence-corrected chi connectivity index (χ2v) is 3.70. The number of rotatable bonds is 0. The second kappa shape index (κ2) is 1.82. The first-order chi connectivity index (χ1) is 5.06. The van der Waals surface area contributed by atoms with Crippen LogP contribution >= 0.6 is 0 Å². The van der Waals surface area contributed by atoms with Crippen molar-refractivity contribution in [3.8, 4) is 0 Å². The van der Waals surface area contributed by atoms with Crippen molar-refractivity contribution in [3.63, 3.8) is 0 Å². The van der Waals surface area contributed by atoms with E-state index in [1.54, 1.807) is 0 Å². The van der Waals surface area contributed by atoms with E-state index < -0.39 is 11.3 Å². The minimum absolute atomic E-state index is 0.0217. The Balaban J connectivity index is 2.20. The zero-order valence-corrected chi connectivity index (χ0v) is 6.20. The van der Waals surface area contributed by atoms with Crippen LogP contribution < -0.4 is 0 Å². The smallest absolute Gasteiger partial charge is 0.254 e. The zero-order valence-electron chi connectivity index (χ0n) is 6.20. The van der Waals surface area contributed by atoms with Crippen LogP contribution in [0.25, 0.3) is 0 Å². The SMILES string of the molecule is O=C1CCC(F)(F)C2(CC2)C1. The monoisotopic (exact) mass is 160 g/mol. The molecule has 0 bridgehead atoms. The van der Waals surface area contributed by atoms with Gasteiger partial charge in [-0.1, -0.05) is 0 Å².